The Morgan fingerprint density at radius 2 is 1.86 bits per heavy atom. The summed E-state index contributed by atoms with van der Waals surface area (Å²) in [5.41, 5.74) is 1.46. The van der Waals surface area contributed by atoms with Crippen LogP contribution in [0.2, 0.25) is 0 Å². The summed E-state index contributed by atoms with van der Waals surface area (Å²) in [6, 6.07) is 6.55. The number of H-pyrrole nitrogens is 1. The number of hydrogen-bond acceptors (Lipinski definition) is 9. The minimum absolute atomic E-state index is 0.111. The molecule has 2 aliphatic heterocycles. The van der Waals surface area contributed by atoms with Crippen molar-refractivity contribution in [2.24, 2.45) is 0 Å². The number of aromatic carboxylic acids is 1. The molecule has 2 unspecified atom stereocenters. The highest BCUT2D eigenvalue weighted by Crippen LogP contribution is 2.25. The normalized spacial score (nSPS) is 18.7. The van der Waals surface area contributed by atoms with Gasteiger partial charge in [0.2, 0.25) is 5.95 Å². The SMILES string of the molecule is CCCCCCc1nc(Nc2ccc(N3CC4CCC(C3)N4)nn2)nc2[nH]c(C(=O)O)cc12.CNC. The van der Waals surface area contributed by atoms with Gasteiger partial charge in [-0.25, -0.2) is 9.78 Å². The third kappa shape index (κ3) is 6.27. The maximum atomic E-state index is 11.4. The fourth-order valence-electron chi connectivity index (χ4n) is 4.81. The lowest BCUT2D eigenvalue weighted by molar-refractivity contribution is 0.0691. The van der Waals surface area contributed by atoms with Crippen molar-refractivity contribution in [3.63, 3.8) is 0 Å². The van der Waals surface area contributed by atoms with Crippen LogP contribution in [0.4, 0.5) is 17.6 Å². The predicted octanol–water partition coefficient (Wildman–Crippen LogP) is 3.09. The van der Waals surface area contributed by atoms with E-state index in [0.29, 0.717) is 29.5 Å². The van der Waals surface area contributed by atoms with Crippen LogP contribution in [-0.4, -0.2) is 75.5 Å². The molecule has 2 atom stereocenters. The number of carboxylic acid groups (broad SMARTS) is 1. The smallest absolute Gasteiger partial charge is 0.352 e. The van der Waals surface area contributed by atoms with Gasteiger partial charge in [-0.15, -0.1) is 10.2 Å². The number of anilines is 3. The summed E-state index contributed by atoms with van der Waals surface area (Å²) in [7, 11) is 3.75. The first kappa shape index (κ1) is 25.8. The number of rotatable bonds is 9. The molecule has 2 aliphatic rings. The summed E-state index contributed by atoms with van der Waals surface area (Å²) >= 11 is 0. The fourth-order valence-corrected chi connectivity index (χ4v) is 4.81. The van der Waals surface area contributed by atoms with Crippen LogP contribution in [0.5, 0.6) is 0 Å². The van der Waals surface area contributed by atoms with Gasteiger partial charge >= 0.3 is 5.97 Å². The minimum atomic E-state index is -1.01. The highest BCUT2D eigenvalue weighted by Gasteiger charge is 2.32. The number of unbranched alkanes of at least 4 members (excludes halogenated alkanes) is 3. The number of aromatic nitrogens is 5. The van der Waals surface area contributed by atoms with Gasteiger partial charge in [-0.1, -0.05) is 26.2 Å². The Bertz CT molecular complexity index is 1140. The number of hydrogen-bond donors (Lipinski definition) is 5. The molecular formula is C25H37N9O2. The predicted molar refractivity (Wildman–Crippen MR) is 141 cm³/mol. The molecular weight excluding hydrogens is 458 g/mol. The van der Waals surface area contributed by atoms with Gasteiger partial charge in [0, 0.05) is 30.6 Å². The maximum absolute atomic E-state index is 11.4. The summed E-state index contributed by atoms with van der Waals surface area (Å²) in [5.74, 6) is 0.803. The van der Waals surface area contributed by atoms with E-state index in [-0.39, 0.29) is 5.69 Å². The number of nitrogens with zero attached hydrogens (tertiary/aromatic N) is 5. The van der Waals surface area contributed by atoms with E-state index < -0.39 is 5.97 Å². The lowest BCUT2D eigenvalue weighted by atomic mass is 10.1. The van der Waals surface area contributed by atoms with Crippen molar-refractivity contribution < 1.29 is 9.90 Å². The first-order valence-electron chi connectivity index (χ1n) is 12.8. The molecule has 0 saturated carbocycles. The Morgan fingerprint density at radius 1 is 1.11 bits per heavy atom. The van der Waals surface area contributed by atoms with Crippen LogP contribution in [0.1, 0.15) is 61.6 Å². The van der Waals surface area contributed by atoms with Gasteiger partial charge < -0.3 is 30.9 Å². The zero-order valence-electron chi connectivity index (χ0n) is 21.3. The Hall–Kier alpha value is -3.31. The molecule has 5 heterocycles. The summed E-state index contributed by atoms with van der Waals surface area (Å²) in [4.78, 5) is 25.8. The molecule has 2 saturated heterocycles. The zero-order valence-corrected chi connectivity index (χ0v) is 21.3. The second-order valence-corrected chi connectivity index (χ2v) is 9.50. The van der Waals surface area contributed by atoms with Crippen LogP contribution in [0.25, 0.3) is 11.0 Å². The molecule has 2 fully saturated rings. The topological polar surface area (TPSA) is 144 Å². The minimum Gasteiger partial charge on any atom is -0.477 e. The molecule has 3 aromatic heterocycles. The molecule has 2 bridgehead atoms. The Kier molecular flexibility index (Phi) is 8.65. The van der Waals surface area contributed by atoms with Gasteiger partial charge in [-0.2, -0.15) is 4.98 Å². The van der Waals surface area contributed by atoms with Crippen molar-refractivity contribution in [3.05, 3.63) is 29.6 Å². The number of aryl methyl sites for hydroxylation is 1. The average Bonchev–Trinajstić information content (AvgIpc) is 3.45. The number of piperazine rings is 1. The van der Waals surface area contributed by atoms with E-state index in [0.717, 1.165) is 55.7 Å². The van der Waals surface area contributed by atoms with Gasteiger partial charge in [0.15, 0.2) is 11.6 Å². The van der Waals surface area contributed by atoms with Crippen molar-refractivity contribution in [1.82, 2.24) is 35.8 Å². The number of carbonyl (C=O) groups is 1. The van der Waals surface area contributed by atoms with E-state index in [4.69, 9.17) is 0 Å². The van der Waals surface area contributed by atoms with Crippen molar-refractivity contribution in [1.29, 1.82) is 0 Å². The Balaban J connectivity index is 0.000000967. The highest BCUT2D eigenvalue weighted by molar-refractivity contribution is 5.93. The Morgan fingerprint density at radius 3 is 2.50 bits per heavy atom. The first-order valence-corrected chi connectivity index (χ1v) is 12.8. The van der Waals surface area contributed by atoms with Crippen molar-refractivity contribution in [2.45, 2.75) is 64.0 Å². The quantitative estimate of drug-likeness (QED) is 0.281. The molecule has 5 rings (SSSR count). The molecule has 11 heteroatoms. The van der Waals surface area contributed by atoms with Crippen LogP contribution < -0.4 is 20.9 Å². The van der Waals surface area contributed by atoms with E-state index in [2.05, 4.69) is 52.9 Å². The molecule has 194 valence electrons. The molecule has 0 aliphatic carbocycles. The number of nitrogens with one attached hydrogen (secondary N) is 4. The molecule has 0 amide bonds. The van der Waals surface area contributed by atoms with E-state index in [9.17, 15) is 9.90 Å². The van der Waals surface area contributed by atoms with E-state index in [1.807, 2.05) is 26.2 Å². The van der Waals surface area contributed by atoms with Crippen LogP contribution in [0.3, 0.4) is 0 Å². The lowest BCUT2D eigenvalue weighted by Gasteiger charge is -2.33. The summed E-state index contributed by atoms with van der Waals surface area (Å²) in [6.07, 6.45) is 7.64. The van der Waals surface area contributed by atoms with Gasteiger partial charge in [-0.3, -0.25) is 0 Å². The number of carboxylic acids is 1. The van der Waals surface area contributed by atoms with Gasteiger partial charge in [0.25, 0.3) is 0 Å². The van der Waals surface area contributed by atoms with Gasteiger partial charge in [-0.05, 0) is 58.0 Å². The van der Waals surface area contributed by atoms with E-state index in [1.54, 1.807) is 6.07 Å². The second kappa shape index (κ2) is 12.1. The lowest BCUT2D eigenvalue weighted by Crippen LogP contribution is -2.51. The van der Waals surface area contributed by atoms with Crippen LogP contribution >= 0.6 is 0 Å². The fraction of sp³-hybridized carbons (Fsp3) is 0.560. The first-order chi connectivity index (χ1) is 17.5. The standard InChI is InChI=1S/C23H30N8O2.C2H7N/c1-2-3-4-5-6-17-16-11-18(22(32)33)25-21(16)28-23(26-17)27-19-9-10-20(30-29-19)31-12-14-7-8-15(13-31)24-14;1-3-2/h9-11,14-15,24H,2-8,12-13H2,1H3,(H,32,33)(H2,25,26,27,28,29);3H,1-2H3. The van der Waals surface area contributed by atoms with Crippen molar-refractivity contribution >= 4 is 34.6 Å². The number of fused-ring (bicyclic) bond motifs is 3. The van der Waals surface area contributed by atoms with Crippen molar-refractivity contribution in [2.75, 3.05) is 37.4 Å². The van der Waals surface area contributed by atoms with Crippen molar-refractivity contribution in [3.8, 4) is 0 Å². The van der Waals surface area contributed by atoms with Crippen LogP contribution in [0, 0.1) is 0 Å². The second-order valence-electron chi connectivity index (χ2n) is 9.50. The molecule has 5 N–H and O–H groups in total. The Labute approximate surface area is 211 Å². The molecule has 3 aromatic rings. The zero-order chi connectivity index (χ0) is 25.5. The summed E-state index contributed by atoms with van der Waals surface area (Å²) < 4.78 is 0. The summed E-state index contributed by atoms with van der Waals surface area (Å²) in [5, 5.41) is 28.4. The third-order valence-electron chi connectivity index (χ3n) is 6.49. The molecule has 0 radical (unpaired) electrons. The molecule has 0 aromatic carbocycles. The van der Waals surface area contributed by atoms with Gasteiger partial charge in [0.05, 0.1) is 5.69 Å². The number of aromatic amines is 1. The van der Waals surface area contributed by atoms with Crippen LogP contribution in [0.15, 0.2) is 18.2 Å². The average molecular weight is 496 g/mol. The summed E-state index contributed by atoms with van der Waals surface area (Å²) in [6.45, 7) is 4.09. The van der Waals surface area contributed by atoms with Crippen LogP contribution in [-0.2, 0) is 6.42 Å². The monoisotopic (exact) mass is 495 g/mol. The van der Waals surface area contributed by atoms with E-state index >= 15 is 0 Å². The highest BCUT2D eigenvalue weighted by atomic mass is 16.4. The largest absolute Gasteiger partial charge is 0.477 e. The van der Waals surface area contributed by atoms with E-state index in [1.165, 1.54) is 19.3 Å². The van der Waals surface area contributed by atoms with Gasteiger partial charge in [0.1, 0.15) is 11.3 Å². The third-order valence-corrected chi connectivity index (χ3v) is 6.49. The maximum Gasteiger partial charge on any atom is 0.352 e. The molecule has 11 nitrogen and oxygen atoms in total. The molecule has 36 heavy (non-hydrogen) atoms. The molecule has 0 spiro atoms.